The number of fused-ring (bicyclic) bond motifs is 2. The first-order chi connectivity index (χ1) is 15.0. The van der Waals surface area contributed by atoms with Gasteiger partial charge < -0.3 is 19.3 Å². The number of piperidine rings is 2. The number of amides is 1. The van der Waals surface area contributed by atoms with Gasteiger partial charge in [-0.15, -0.1) is 0 Å². The molecule has 0 aliphatic carbocycles. The maximum absolute atomic E-state index is 13.1. The number of rotatable bonds is 6. The number of likely N-dealkylation sites (N-methyl/N-ethyl adjacent to an activating group) is 1. The standard InChI is InChI=1S/C23H32N4O4/c1-25(14-17-7-6-12-26-11-5-4-8-18(17)26)20(28)15-27-23(29)21-16(13-24-27)9-10-19(30-2)22(21)31-3/h9-10,13,17-18H,4-8,11-12,14-15H2,1-3H3/t17-,18+/m0/s1. The molecule has 8 heteroatoms. The minimum atomic E-state index is -0.355. The predicted molar refractivity (Wildman–Crippen MR) is 119 cm³/mol. The van der Waals surface area contributed by atoms with E-state index in [1.807, 2.05) is 7.05 Å². The lowest BCUT2D eigenvalue weighted by molar-refractivity contribution is -0.132. The number of carbonyl (C=O) groups is 1. The quantitative estimate of drug-likeness (QED) is 0.702. The van der Waals surface area contributed by atoms with Gasteiger partial charge in [-0.2, -0.15) is 5.10 Å². The van der Waals surface area contributed by atoms with Crippen LogP contribution in [-0.4, -0.2) is 72.4 Å². The molecule has 31 heavy (non-hydrogen) atoms. The van der Waals surface area contributed by atoms with E-state index >= 15 is 0 Å². The van der Waals surface area contributed by atoms with Crippen LogP contribution in [0.4, 0.5) is 0 Å². The van der Waals surface area contributed by atoms with Gasteiger partial charge in [0.2, 0.25) is 5.91 Å². The van der Waals surface area contributed by atoms with Crippen molar-refractivity contribution in [1.82, 2.24) is 19.6 Å². The summed E-state index contributed by atoms with van der Waals surface area (Å²) in [7, 11) is 4.86. The van der Waals surface area contributed by atoms with Crippen molar-refractivity contribution in [2.24, 2.45) is 5.92 Å². The van der Waals surface area contributed by atoms with Crippen LogP contribution in [-0.2, 0) is 11.3 Å². The maximum Gasteiger partial charge on any atom is 0.279 e. The fourth-order valence-corrected chi connectivity index (χ4v) is 5.19. The van der Waals surface area contributed by atoms with Gasteiger partial charge >= 0.3 is 0 Å². The molecule has 2 aliphatic rings. The van der Waals surface area contributed by atoms with Crippen molar-refractivity contribution in [2.75, 3.05) is 40.9 Å². The van der Waals surface area contributed by atoms with Gasteiger partial charge in [-0.3, -0.25) is 9.59 Å². The van der Waals surface area contributed by atoms with E-state index in [4.69, 9.17) is 9.47 Å². The molecule has 2 atom stereocenters. The zero-order valence-electron chi connectivity index (χ0n) is 18.7. The Morgan fingerprint density at radius 1 is 1.16 bits per heavy atom. The van der Waals surface area contributed by atoms with Crippen LogP contribution in [0.5, 0.6) is 11.5 Å². The number of ether oxygens (including phenoxy) is 2. The van der Waals surface area contributed by atoms with Crippen molar-refractivity contribution < 1.29 is 14.3 Å². The molecule has 0 bridgehead atoms. The van der Waals surface area contributed by atoms with Crippen molar-refractivity contribution in [3.8, 4) is 11.5 Å². The van der Waals surface area contributed by atoms with Gasteiger partial charge in [0.15, 0.2) is 11.5 Å². The molecule has 4 rings (SSSR count). The summed E-state index contributed by atoms with van der Waals surface area (Å²) in [5, 5.41) is 5.25. The van der Waals surface area contributed by atoms with E-state index in [9.17, 15) is 9.59 Å². The Morgan fingerprint density at radius 2 is 1.97 bits per heavy atom. The Morgan fingerprint density at radius 3 is 2.74 bits per heavy atom. The summed E-state index contributed by atoms with van der Waals surface area (Å²) in [4.78, 5) is 30.4. The average molecular weight is 429 g/mol. The summed E-state index contributed by atoms with van der Waals surface area (Å²) in [6.45, 7) is 2.99. The second-order valence-corrected chi connectivity index (χ2v) is 8.65. The van der Waals surface area contributed by atoms with Crippen LogP contribution in [0.15, 0.2) is 23.1 Å². The SMILES string of the molecule is COc1ccc2cnn(CC(=O)N(C)C[C@@H]3CCCN4CCCC[C@H]34)c(=O)c2c1OC. The van der Waals surface area contributed by atoms with Gasteiger partial charge in [0.25, 0.3) is 5.56 Å². The topological polar surface area (TPSA) is 76.9 Å². The molecule has 3 heterocycles. The summed E-state index contributed by atoms with van der Waals surface area (Å²) in [6, 6.07) is 4.09. The molecular weight excluding hydrogens is 396 g/mol. The Labute approximate surface area is 182 Å². The second-order valence-electron chi connectivity index (χ2n) is 8.65. The first-order valence-corrected chi connectivity index (χ1v) is 11.1. The summed E-state index contributed by atoms with van der Waals surface area (Å²) in [6.07, 6.45) is 7.72. The molecule has 0 radical (unpaired) electrons. The summed E-state index contributed by atoms with van der Waals surface area (Å²) in [5.74, 6) is 1.22. The Bertz CT molecular complexity index is 1000. The van der Waals surface area contributed by atoms with Gasteiger partial charge in [-0.1, -0.05) is 6.42 Å². The minimum Gasteiger partial charge on any atom is -0.493 e. The second kappa shape index (κ2) is 9.26. The van der Waals surface area contributed by atoms with Crippen molar-refractivity contribution >= 4 is 16.7 Å². The first kappa shape index (κ1) is 21.6. The number of methoxy groups -OCH3 is 2. The van der Waals surface area contributed by atoms with E-state index in [1.165, 1.54) is 57.7 Å². The normalized spacial score (nSPS) is 21.5. The van der Waals surface area contributed by atoms with Crippen LogP contribution < -0.4 is 15.0 Å². The van der Waals surface area contributed by atoms with Crippen molar-refractivity contribution in [3.05, 3.63) is 28.7 Å². The van der Waals surface area contributed by atoms with Crippen molar-refractivity contribution in [3.63, 3.8) is 0 Å². The maximum atomic E-state index is 13.1. The van der Waals surface area contributed by atoms with Crippen LogP contribution in [0.1, 0.15) is 32.1 Å². The van der Waals surface area contributed by atoms with Gasteiger partial charge in [0.05, 0.1) is 25.8 Å². The zero-order valence-corrected chi connectivity index (χ0v) is 18.7. The largest absolute Gasteiger partial charge is 0.493 e. The van der Waals surface area contributed by atoms with E-state index in [1.54, 1.807) is 23.2 Å². The molecule has 2 aliphatic heterocycles. The Balaban J connectivity index is 1.51. The molecule has 1 aromatic carbocycles. The highest BCUT2D eigenvalue weighted by Gasteiger charge is 2.34. The molecule has 2 fully saturated rings. The van der Waals surface area contributed by atoms with Gasteiger partial charge in [0, 0.05) is 25.0 Å². The Kier molecular flexibility index (Phi) is 6.46. The third-order valence-corrected chi connectivity index (χ3v) is 6.81. The lowest BCUT2D eigenvalue weighted by Crippen LogP contribution is -2.51. The van der Waals surface area contributed by atoms with E-state index in [0.717, 1.165) is 13.0 Å². The smallest absolute Gasteiger partial charge is 0.279 e. The molecule has 0 unspecified atom stereocenters. The lowest BCUT2D eigenvalue weighted by Gasteiger charge is -2.45. The summed E-state index contributed by atoms with van der Waals surface area (Å²) >= 11 is 0. The number of benzene rings is 1. The average Bonchev–Trinajstić information content (AvgIpc) is 2.80. The molecular formula is C23H32N4O4. The number of nitrogens with zero attached hydrogens (tertiary/aromatic N) is 4. The highest BCUT2D eigenvalue weighted by Crippen LogP contribution is 2.33. The van der Waals surface area contributed by atoms with E-state index in [0.29, 0.717) is 34.2 Å². The molecule has 2 saturated heterocycles. The monoisotopic (exact) mass is 428 g/mol. The molecule has 1 aromatic heterocycles. The molecule has 8 nitrogen and oxygen atoms in total. The van der Waals surface area contributed by atoms with E-state index in [2.05, 4.69) is 10.00 Å². The van der Waals surface area contributed by atoms with Crippen LogP contribution >= 0.6 is 0 Å². The molecule has 0 saturated carbocycles. The number of hydrogen-bond acceptors (Lipinski definition) is 6. The number of hydrogen-bond donors (Lipinski definition) is 0. The number of carbonyl (C=O) groups excluding carboxylic acids is 1. The summed E-state index contributed by atoms with van der Waals surface area (Å²) in [5.41, 5.74) is -0.355. The molecule has 2 aromatic rings. The van der Waals surface area contributed by atoms with Gasteiger partial charge in [-0.05, 0) is 56.8 Å². The van der Waals surface area contributed by atoms with Crippen LogP contribution in [0, 0.1) is 5.92 Å². The van der Waals surface area contributed by atoms with Crippen LogP contribution in [0.25, 0.3) is 10.8 Å². The Hall–Kier alpha value is -2.61. The molecule has 1 amide bonds. The first-order valence-electron chi connectivity index (χ1n) is 11.1. The third-order valence-electron chi connectivity index (χ3n) is 6.81. The van der Waals surface area contributed by atoms with Crippen molar-refractivity contribution in [2.45, 2.75) is 44.7 Å². The van der Waals surface area contributed by atoms with E-state index < -0.39 is 0 Å². The van der Waals surface area contributed by atoms with E-state index in [-0.39, 0.29) is 18.0 Å². The summed E-state index contributed by atoms with van der Waals surface area (Å²) < 4.78 is 12.0. The third kappa shape index (κ3) is 4.26. The molecule has 0 spiro atoms. The number of aromatic nitrogens is 2. The fraction of sp³-hybridized carbons (Fsp3) is 0.609. The van der Waals surface area contributed by atoms with Crippen molar-refractivity contribution in [1.29, 1.82) is 0 Å². The highest BCUT2D eigenvalue weighted by atomic mass is 16.5. The van der Waals surface area contributed by atoms with Gasteiger partial charge in [-0.25, -0.2) is 4.68 Å². The zero-order chi connectivity index (χ0) is 22.0. The van der Waals surface area contributed by atoms with Crippen LogP contribution in [0.2, 0.25) is 0 Å². The highest BCUT2D eigenvalue weighted by molar-refractivity contribution is 5.89. The molecule has 168 valence electrons. The minimum absolute atomic E-state index is 0.0905. The molecule has 0 N–H and O–H groups in total. The van der Waals surface area contributed by atoms with Crippen LogP contribution in [0.3, 0.4) is 0 Å². The predicted octanol–water partition coefficient (Wildman–Crippen LogP) is 2.14. The van der Waals surface area contributed by atoms with Gasteiger partial charge in [0.1, 0.15) is 6.54 Å². The fourth-order valence-electron chi connectivity index (χ4n) is 5.19. The lowest BCUT2D eigenvalue weighted by atomic mass is 9.83.